The average Bonchev–Trinajstić information content (AvgIpc) is 3.09. The molecule has 1 aliphatic heterocycles. The molecule has 1 N–H and O–H groups in total. The van der Waals surface area contributed by atoms with E-state index in [1.807, 2.05) is 40.7 Å². The molecule has 25 heavy (non-hydrogen) atoms. The SMILES string of the molecule is CC(C(=O)N1CCC(N(C)CCCO)CC1)n1cnc2ccccc21. The lowest BCUT2D eigenvalue weighted by Crippen LogP contribution is -2.47. The van der Waals surface area contributed by atoms with Gasteiger partial charge >= 0.3 is 0 Å². The number of imidazole rings is 1. The molecule has 1 unspecified atom stereocenters. The Balaban J connectivity index is 1.60. The fourth-order valence-corrected chi connectivity index (χ4v) is 3.70. The molecule has 1 fully saturated rings. The van der Waals surface area contributed by atoms with Crippen molar-refractivity contribution in [2.75, 3.05) is 33.3 Å². The Labute approximate surface area is 149 Å². The van der Waals surface area contributed by atoms with Gasteiger partial charge in [-0.1, -0.05) is 12.1 Å². The van der Waals surface area contributed by atoms with Crippen LogP contribution in [0, 0.1) is 0 Å². The van der Waals surface area contributed by atoms with E-state index in [4.69, 9.17) is 5.11 Å². The minimum absolute atomic E-state index is 0.166. The smallest absolute Gasteiger partial charge is 0.245 e. The second kappa shape index (κ2) is 7.97. The van der Waals surface area contributed by atoms with Gasteiger partial charge in [0.2, 0.25) is 5.91 Å². The van der Waals surface area contributed by atoms with Crippen LogP contribution in [-0.4, -0.2) is 69.7 Å². The van der Waals surface area contributed by atoms with E-state index in [0.29, 0.717) is 6.04 Å². The minimum atomic E-state index is -0.240. The van der Waals surface area contributed by atoms with Crippen LogP contribution >= 0.6 is 0 Å². The van der Waals surface area contributed by atoms with Gasteiger partial charge in [-0.3, -0.25) is 4.79 Å². The van der Waals surface area contributed by atoms with E-state index in [9.17, 15) is 4.79 Å². The lowest BCUT2D eigenvalue weighted by molar-refractivity contribution is -0.135. The number of nitrogens with zero attached hydrogens (tertiary/aromatic N) is 4. The molecule has 0 spiro atoms. The second-order valence-corrected chi connectivity index (χ2v) is 6.93. The zero-order valence-corrected chi connectivity index (χ0v) is 15.1. The fourth-order valence-electron chi connectivity index (χ4n) is 3.70. The molecule has 6 nitrogen and oxygen atoms in total. The summed E-state index contributed by atoms with van der Waals surface area (Å²) in [6, 6.07) is 8.18. The van der Waals surface area contributed by atoms with Gasteiger partial charge in [-0.2, -0.15) is 0 Å². The van der Waals surface area contributed by atoms with Crippen molar-refractivity contribution in [3.8, 4) is 0 Å². The molecule has 1 amide bonds. The number of carbonyl (C=O) groups excluding carboxylic acids is 1. The molecule has 1 aliphatic rings. The maximum absolute atomic E-state index is 12.9. The van der Waals surface area contributed by atoms with Gasteiger partial charge in [-0.25, -0.2) is 4.98 Å². The van der Waals surface area contributed by atoms with Crippen molar-refractivity contribution >= 4 is 16.9 Å². The second-order valence-electron chi connectivity index (χ2n) is 6.93. The third-order valence-corrected chi connectivity index (χ3v) is 5.32. The summed E-state index contributed by atoms with van der Waals surface area (Å²) in [4.78, 5) is 21.6. The largest absolute Gasteiger partial charge is 0.396 e. The van der Waals surface area contributed by atoms with Gasteiger partial charge in [0.1, 0.15) is 6.04 Å². The molecular weight excluding hydrogens is 316 g/mol. The number of rotatable bonds is 6. The highest BCUT2D eigenvalue weighted by molar-refractivity contribution is 5.83. The standard InChI is InChI=1S/C19H28N4O2/c1-15(23-14-20-17-6-3-4-7-18(17)23)19(25)22-11-8-16(9-12-22)21(2)10-5-13-24/h3-4,6-7,14-16,24H,5,8-13H2,1-2H3. The first kappa shape index (κ1) is 17.9. The van der Waals surface area contributed by atoms with Crippen LogP contribution in [-0.2, 0) is 4.79 Å². The van der Waals surface area contributed by atoms with Crippen molar-refractivity contribution < 1.29 is 9.90 Å². The summed E-state index contributed by atoms with van der Waals surface area (Å²) >= 11 is 0. The maximum atomic E-state index is 12.9. The quantitative estimate of drug-likeness (QED) is 0.869. The van der Waals surface area contributed by atoms with Crippen molar-refractivity contribution in [1.29, 1.82) is 0 Å². The predicted octanol–water partition coefficient (Wildman–Crippen LogP) is 1.90. The van der Waals surface area contributed by atoms with Crippen molar-refractivity contribution in [2.24, 2.45) is 0 Å². The number of likely N-dealkylation sites (tertiary alicyclic amines) is 1. The number of piperidine rings is 1. The zero-order chi connectivity index (χ0) is 17.8. The Bertz CT molecular complexity index is 706. The summed E-state index contributed by atoms with van der Waals surface area (Å²) in [7, 11) is 2.11. The number of amides is 1. The Morgan fingerprint density at radius 3 is 2.80 bits per heavy atom. The number of carbonyl (C=O) groups is 1. The molecule has 3 rings (SSSR count). The number of hydrogen-bond acceptors (Lipinski definition) is 4. The zero-order valence-electron chi connectivity index (χ0n) is 15.1. The Kier molecular flexibility index (Phi) is 5.71. The molecule has 1 atom stereocenters. The molecule has 0 aliphatic carbocycles. The summed E-state index contributed by atoms with van der Waals surface area (Å²) in [5, 5.41) is 8.97. The Morgan fingerprint density at radius 1 is 1.36 bits per heavy atom. The van der Waals surface area contributed by atoms with Crippen molar-refractivity contribution in [2.45, 2.75) is 38.3 Å². The average molecular weight is 344 g/mol. The van der Waals surface area contributed by atoms with Gasteiger partial charge in [0.05, 0.1) is 17.4 Å². The van der Waals surface area contributed by atoms with E-state index in [-0.39, 0.29) is 18.6 Å². The van der Waals surface area contributed by atoms with E-state index < -0.39 is 0 Å². The first-order chi connectivity index (χ1) is 12.1. The van der Waals surface area contributed by atoms with Crippen LogP contribution in [0.2, 0.25) is 0 Å². The van der Waals surface area contributed by atoms with Crippen LogP contribution in [0.15, 0.2) is 30.6 Å². The summed E-state index contributed by atoms with van der Waals surface area (Å²) in [5.74, 6) is 0.166. The number of aliphatic hydroxyl groups is 1. The van der Waals surface area contributed by atoms with Crippen LogP contribution in [0.25, 0.3) is 11.0 Å². The molecule has 1 aromatic heterocycles. The monoisotopic (exact) mass is 344 g/mol. The number of fused-ring (bicyclic) bond motifs is 1. The molecule has 0 radical (unpaired) electrons. The van der Waals surface area contributed by atoms with Crippen LogP contribution in [0.5, 0.6) is 0 Å². The van der Waals surface area contributed by atoms with E-state index in [2.05, 4.69) is 16.9 Å². The van der Waals surface area contributed by atoms with Crippen LogP contribution in [0.1, 0.15) is 32.2 Å². The van der Waals surface area contributed by atoms with Crippen molar-refractivity contribution in [3.63, 3.8) is 0 Å². The maximum Gasteiger partial charge on any atom is 0.245 e. The number of hydrogen-bond donors (Lipinski definition) is 1. The van der Waals surface area contributed by atoms with E-state index in [0.717, 1.165) is 49.9 Å². The van der Waals surface area contributed by atoms with Gasteiger partial charge in [-0.15, -0.1) is 0 Å². The van der Waals surface area contributed by atoms with E-state index in [1.165, 1.54) is 0 Å². The number of para-hydroxylation sites is 2. The first-order valence-electron chi connectivity index (χ1n) is 9.13. The molecule has 0 saturated carbocycles. The van der Waals surface area contributed by atoms with Gasteiger partial charge in [0.15, 0.2) is 0 Å². The summed E-state index contributed by atoms with van der Waals surface area (Å²) < 4.78 is 1.97. The van der Waals surface area contributed by atoms with Gasteiger partial charge in [0, 0.05) is 32.3 Å². The van der Waals surface area contributed by atoms with Crippen LogP contribution < -0.4 is 0 Å². The topological polar surface area (TPSA) is 61.6 Å². The number of aromatic nitrogens is 2. The Hall–Kier alpha value is -1.92. The lowest BCUT2D eigenvalue weighted by atomic mass is 10.0. The molecular formula is C19H28N4O2. The summed E-state index contributed by atoms with van der Waals surface area (Å²) in [6.07, 6.45) is 4.55. The minimum Gasteiger partial charge on any atom is -0.396 e. The third-order valence-electron chi connectivity index (χ3n) is 5.32. The Morgan fingerprint density at radius 2 is 2.08 bits per heavy atom. The number of aliphatic hydroxyl groups excluding tert-OH is 1. The number of benzene rings is 1. The predicted molar refractivity (Wildman–Crippen MR) is 98.4 cm³/mol. The van der Waals surface area contributed by atoms with Crippen molar-refractivity contribution in [3.05, 3.63) is 30.6 Å². The lowest BCUT2D eigenvalue weighted by Gasteiger charge is -2.37. The third kappa shape index (κ3) is 3.85. The van der Waals surface area contributed by atoms with E-state index in [1.54, 1.807) is 6.33 Å². The first-order valence-corrected chi connectivity index (χ1v) is 9.13. The fraction of sp³-hybridized carbons (Fsp3) is 0.579. The highest BCUT2D eigenvalue weighted by Gasteiger charge is 2.28. The van der Waals surface area contributed by atoms with Gasteiger partial charge in [0.25, 0.3) is 0 Å². The van der Waals surface area contributed by atoms with Crippen LogP contribution in [0.4, 0.5) is 0 Å². The van der Waals surface area contributed by atoms with Gasteiger partial charge < -0.3 is 19.5 Å². The van der Waals surface area contributed by atoms with E-state index >= 15 is 0 Å². The molecule has 1 saturated heterocycles. The van der Waals surface area contributed by atoms with Gasteiger partial charge in [-0.05, 0) is 45.4 Å². The highest BCUT2D eigenvalue weighted by atomic mass is 16.3. The molecule has 0 bridgehead atoms. The molecule has 2 aromatic rings. The normalized spacial score (nSPS) is 17.4. The molecule has 1 aromatic carbocycles. The highest BCUT2D eigenvalue weighted by Crippen LogP contribution is 2.22. The molecule has 2 heterocycles. The summed E-state index contributed by atoms with van der Waals surface area (Å²) in [5.41, 5.74) is 1.92. The van der Waals surface area contributed by atoms with Crippen LogP contribution in [0.3, 0.4) is 0 Å². The summed E-state index contributed by atoms with van der Waals surface area (Å²) in [6.45, 7) is 4.69. The molecule has 136 valence electrons. The van der Waals surface area contributed by atoms with Crippen molar-refractivity contribution in [1.82, 2.24) is 19.4 Å². The molecule has 6 heteroatoms.